The maximum atomic E-state index is 12.4. The fraction of sp³-hybridized carbons (Fsp3) is 0.579. The van der Waals surface area contributed by atoms with Crippen LogP contribution in [-0.4, -0.2) is 56.0 Å². The van der Waals surface area contributed by atoms with Crippen LogP contribution in [0, 0.1) is 5.41 Å². The van der Waals surface area contributed by atoms with Gasteiger partial charge in [-0.1, -0.05) is 25.4 Å². The zero-order valence-corrected chi connectivity index (χ0v) is 16.4. The monoisotopic (exact) mass is 380 g/mol. The Kier molecular flexibility index (Phi) is 7.29. The Morgan fingerprint density at radius 3 is 2.19 bits per heavy atom. The molecule has 1 saturated heterocycles. The number of hydrogen-bond acceptors (Lipinski definition) is 4. The number of carbonyl (C=O) groups is 2. The average Bonchev–Trinajstić information content (AvgIpc) is 2.68. The van der Waals surface area contributed by atoms with Gasteiger partial charge in [0.1, 0.15) is 0 Å². The number of rotatable bonds is 7. The summed E-state index contributed by atoms with van der Waals surface area (Å²) < 4.78 is 0. The predicted molar refractivity (Wildman–Crippen MR) is 105 cm³/mol. The molecule has 26 heavy (non-hydrogen) atoms. The van der Waals surface area contributed by atoms with E-state index in [1.165, 1.54) is 0 Å². The third kappa shape index (κ3) is 4.68. The summed E-state index contributed by atoms with van der Waals surface area (Å²) in [4.78, 5) is 28.9. The van der Waals surface area contributed by atoms with Gasteiger partial charge in [-0.2, -0.15) is 0 Å². The van der Waals surface area contributed by atoms with Crippen LogP contribution in [0.1, 0.15) is 26.7 Å². The Morgan fingerprint density at radius 2 is 1.69 bits per heavy atom. The van der Waals surface area contributed by atoms with E-state index in [4.69, 9.17) is 17.3 Å². The van der Waals surface area contributed by atoms with Crippen molar-refractivity contribution in [1.82, 2.24) is 10.2 Å². The van der Waals surface area contributed by atoms with Gasteiger partial charge in [0.05, 0.1) is 12.0 Å². The number of halogens is 1. The summed E-state index contributed by atoms with van der Waals surface area (Å²) >= 11 is 5.93. The largest absolute Gasteiger partial charge is 0.368 e. The van der Waals surface area contributed by atoms with E-state index in [9.17, 15) is 9.59 Å². The van der Waals surface area contributed by atoms with Crippen LogP contribution in [0.15, 0.2) is 24.3 Å². The van der Waals surface area contributed by atoms with Crippen molar-refractivity contribution in [3.63, 3.8) is 0 Å². The normalized spacial score (nSPS) is 15.1. The molecule has 0 atom stereocenters. The van der Waals surface area contributed by atoms with E-state index in [1.807, 2.05) is 38.1 Å². The molecular formula is C19H29ClN4O2. The number of benzene rings is 1. The highest BCUT2D eigenvalue weighted by molar-refractivity contribution is 6.30. The van der Waals surface area contributed by atoms with Gasteiger partial charge in [-0.3, -0.25) is 9.59 Å². The molecule has 0 aromatic heterocycles. The van der Waals surface area contributed by atoms with Gasteiger partial charge in [-0.15, -0.1) is 0 Å². The van der Waals surface area contributed by atoms with E-state index in [-0.39, 0.29) is 18.4 Å². The Bertz CT molecular complexity index is 600. The van der Waals surface area contributed by atoms with Crippen molar-refractivity contribution in [3.05, 3.63) is 29.3 Å². The lowest BCUT2D eigenvalue weighted by molar-refractivity contribution is -0.136. The minimum absolute atomic E-state index is 0.0293. The molecule has 0 bridgehead atoms. The Hall–Kier alpha value is -1.79. The maximum absolute atomic E-state index is 12.4. The van der Waals surface area contributed by atoms with E-state index in [0.717, 1.165) is 18.8 Å². The number of nitrogens with zero attached hydrogens (tertiary/aromatic N) is 2. The van der Waals surface area contributed by atoms with Crippen LogP contribution in [0.5, 0.6) is 0 Å². The zero-order valence-electron chi connectivity index (χ0n) is 15.6. The molecule has 2 rings (SSSR count). The van der Waals surface area contributed by atoms with Gasteiger partial charge in [0, 0.05) is 43.4 Å². The van der Waals surface area contributed by atoms with E-state index in [2.05, 4.69) is 10.2 Å². The van der Waals surface area contributed by atoms with Crippen LogP contribution in [-0.2, 0) is 9.59 Å². The number of carbonyl (C=O) groups excluding carboxylic acids is 2. The van der Waals surface area contributed by atoms with Crippen LogP contribution in [0.25, 0.3) is 0 Å². The second-order valence-electron chi connectivity index (χ2n) is 6.72. The number of amides is 2. The summed E-state index contributed by atoms with van der Waals surface area (Å²) in [6.45, 7) is 7.03. The molecule has 3 N–H and O–H groups in total. The number of nitrogens with one attached hydrogen (secondary N) is 1. The highest BCUT2D eigenvalue weighted by Gasteiger charge is 2.33. The molecule has 7 heteroatoms. The zero-order chi connectivity index (χ0) is 19.2. The quantitative estimate of drug-likeness (QED) is 0.756. The van der Waals surface area contributed by atoms with Gasteiger partial charge in [0.25, 0.3) is 0 Å². The molecule has 2 amide bonds. The highest BCUT2D eigenvalue weighted by Crippen LogP contribution is 2.25. The molecule has 1 aromatic rings. The van der Waals surface area contributed by atoms with Gasteiger partial charge in [-0.25, -0.2) is 0 Å². The number of piperazine rings is 1. The molecule has 1 aliphatic heterocycles. The summed E-state index contributed by atoms with van der Waals surface area (Å²) in [6, 6.07) is 7.72. The molecule has 144 valence electrons. The molecular weight excluding hydrogens is 352 g/mol. The van der Waals surface area contributed by atoms with Crippen molar-refractivity contribution in [2.75, 3.05) is 44.2 Å². The molecule has 1 fully saturated rings. The number of hydrogen-bond donors (Lipinski definition) is 2. The minimum atomic E-state index is -0.576. The van der Waals surface area contributed by atoms with Crippen molar-refractivity contribution in [2.45, 2.75) is 26.7 Å². The lowest BCUT2D eigenvalue weighted by Crippen LogP contribution is -2.53. The second kappa shape index (κ2) is 9.24. The van der Waals surface area contributed by atoms with Crippen molar-refractivity contribution < 1.29 is 9.59 Å². The highest BCUT2D eigenvalue weighted by atomic mass is 35.5. The van der Waals surface area contributed by atoms with Crippen LogP contribution in [0.3, 0.4) is 0 Å². The predicted octanol–water partition coefficient (Wildman–Crippen LogP) is 1.87. The first-order chi connectivity index (χ1) is 12.5. The topological polar surface area (TPSA) is 78.7 Å². The fourth-order valence-corrected chi connectivity index (χ4v) is 3.40. The Labute approximate surface area is 160 Å². The summed E-state index contributed by atoms with van der Waals surface area (Å²) in [5.41, 5.74) is 6.32. The smallest absolute Gasteiger partial charge is 0.242 e. The van der Waals surface area contributed by atoms with Crippen molar-refractivity contribution in [2.24, 2.45) is 11.1 Å². The lowest BCUT2D eigenvalue weighted by atomic mass is 9.81. The first kappa shape index (κ1) is 20.5. The number of anilines is 1. The van der Waals surface area contributed by atoms with E-state index in [0.29, 0.717) is 37.5 Å². The third-order valence-electron chi connectivity index (χ3n) is 5.45. The molecule has 1 heterocycles. The maximum Gasteiger partial charge on any atom is 0.242 e. The lowest BCUT2D eigenvalue weighted by Gasteiger charge is -2.36. The van der Waals surface area contributed by atoms with E-state index >= 15 is 0 Å². The standard InChI is InChI=1S/C19H29ClN4O2/c1-3-19(4-2,14-21)18(26)22-13-17(25)24-11-9-23(10-12-24)16-7-5-15(20)6-8-16/h5-8H,3-4,9-14,21H2,1-2H3,(H,22,26). The van der Waals surface area contributed by atoms with Crippen molar-refractivity contribution in [3.8, 4) is 0 Å². The first-order valence-corrected chi connectivity index (χ1v) is 9.60. The Balaban J connectivity index is 1.83. The van der Waals surface area contributed by atoms with Crippen LogP contribution in [0.4, 0.5) is 5.69 Å². The van der Waals surface area contributed by atoms with E-state index < -0.39 is 5.41 Å². The van der Waals surface area contributed by atoms with Crippen molar-refractivity contribution >= 4 is 29.1 Å². The molecule has 1 aliphatic rings. The molecule has 0 unspecified atom stereocenters. The molecule has 0 aliphatic carbocycles. The molecule has 0 spiro atoms. The van der Waals surface area contributed by atoms with Crippen LogP contribution < -0.4 is 16.0 Å². The number of nitrogens with two attached hydrogens (primary N) is 1. The first-order valence-electron chi connectivity index (χ1n) is 9.22. The van der Waals surface area contributed by atoms with Crippen molar-refractivity contribution in [1.29, 1.82) is 0 Å². The molecule has 0 radical (unpaired) electrons. The minimum Gasteiger partial charge on any atom is -0.368 e. The summed E-state index contributed by atoms with van der Waals surface area (Å²) in [6.07, 6.45) is 1.33. The molecule has 1 aromatic carbocycles. The summed E-state index contributed by atoms with van der Waals surface area (Å²) in [7, 11) is 0. The molecule has 0 saturated carbocycles. The van der Waals surface area contributed by atoms with Gasteiger partial charge < -0.3 is 20.9 Å². The van der Waals surface area contributed by atoms with Gasteiger partial charge in [0.15, 0.2) is 0 Å². The summed E-state index contributed by atoms with van der Waals surface area (Å²) in [5, 5.41) is 3.50. The molecule has 6 nitrogen and oxygen atoms in total. The summed E-state index contributed by atoms with van der Waals surface area (Å²) in [5.74, 6) is -0.176. The SMILES string of the molecule is CCC(CC)(CN)C(=O)NCC(=O)N1CCN(c2ccc(Cl)cc2)CC1. The average molecular weight is 381 g/mol. The van der Waals surface area contributed by atoms with Gasteiger partial charge >= 0.3 is 0 Å². The third-order valence-corrected chi connectivity index (χ3v) is 5.70. The Morgan fingerprint density at radius 1 is 1.12 bits per heavy atom. The van der Waals surface area contributed by atoms with Crippen LogP contribution >= 0.6 is 11.6 Å². The van der Waals surface area contributed by atoms with Gasteiger partial charge in [-0.05, 0) is 37.1 Å². The fourth-order valence-electron chi connectivity index (χ4n) is 3.27. The second-order valence-corrected chi connectivity index (χ2v) is 7.15. The van der Waals surface area contributed by atoms with E-state index in [1.54, 1.807) is 4.90 Å². The van der Waals surface area contributed by atoms with Crippen LogP contribution in [0.2, 0.25) is 5.02 Å². The van der Waals surface area contributed by atoms with Gasteiger partial charge in [0.2, 0.25) is 11.8 Å².